The van der Waals surface area contributed by atoms with Crippen LogP contribution >= 0.6 is 11.6 Å². The molecule has 4 heteroatoms. The van der Waals surface area contributed by atoms with Crippen molar-refractivity contribution in [2.75, 3.05) is 32.7 Å². The number of carbonyl (C=O) groups excluding carboxylic acids is 1. The first kappa shape index (κ1) is 12.8. The van der Waals surface area contributed by atoms with E-state index in [1.165, 1.54) is 0 Å². The molecule has 1 heterocycles. The van der Waals surface area contributed by atoms with Gasteiger partial charge in [0.05, 0.1) is 6.61 Å². The lowest BCUT2D eigenvalue weighted by Gasteiger charge is -2.24. The lowest BCUT2D eigenvalue weighted by molar-refractivity contribution is -0.130. The smallest absolute Gasteiger partial charge is 0.223 e. The molecule has 1 fully saturated rings. The summed E-state index contributed by atoms with van der Waals surface area (Å²) in [6, 6.07) is 0. The van der Waals surface area contributed by atoms with Crippen molar-refractivity contribution in [1.82, 2.24) is 4.90 Å². The van der Waals surface area contributed by atoms with E-state index in [1.807, 2.05) is 4.90 Å². The van der Waals surface area contributed by atoms with E-state index in [2.05, 4.69) is 13.8 Å². The SMILES string of the molecule is COC[C@H]1CN(C(=O)CCCl)CC1(C)C. The second kappa shape index (κ2) is 5.17. The van der Waals surface area contributed by atoms with E-state index >= 15 is 0 Å². The highest BCUT2D eigenvalue weighted by Crippen LogP contribution is 2.35. The molecule has 0 N–H and O–H groups in total. The van der Waals surface area contributed by atoms with Crippen LogP contribution in [0.4, 0.5) is 0 Å². The van der Waals surface area contributed by atoms with Crippen molar-refractivity contribution in [3.63, 3.8) is 0 Å². The molecule has 1 aliphatic heterocycles. The van der Waals surface area contributed by atoms with Crippen molar-refractivity contribution in [1.29, 1.82) is 0 Å². The minimum atomic E-state index is 0.151. The van der Waals surface area contributed by atoms with Crippen molar-refractivity contribution in [2.45, 2.75) is 20.3 Å². The first-order valence-corrected chi connectivity index (χ1v) is 5.87. The molecule has 0 unspecified atom stereocenters. The van der Waals surface area contributed by atoms with Crippen molar-refractivity contribution in [3.05, 3.63) is 0 Å². The van der Waals surface area contributed by atoms with Crippen LogP contribution in [0.3, 0.4) is 0 Å². The Bertz CT molecular complexity index is 231. The van der Waals surface area contributed by atoms with Crippen LogP contribution in [-0.4, -0.2) is 43.5 Å². The summed E-state index contributed by atoms with van der Waals surface area (Å²) in [5.41, 5.74) is 0.151. The first-order valence-electron chi connectivity index (χ1n) is 5.34. The highest BCUT2D eigenvalue weighted by molar-refractivity contribution is 6.18. The van der Waals surface area contributed by atoms with E-state index in [-0.39, 0.29) is 11.3 Å². The van der Waals surface area contributed by atoms with Crippen LogP contribution in [0.1, 0.15) is 20.3 Å². The molecular weight excluding hydrogens is 214 g/mol. The number of halogens is 1. The molecule has 0 radical (unpaired) electrons. The fraction of sp³-hybridized carbons (Fsp3) is 0.909. The Hall–Kier alpha value is -0.280. The summed E-state index contributed by atoms with van der Waals surface area (Å²) in [7, 11) is 1.71. The Morgan fingerprint density at radius 3 is 2.80 bits per heavy atom. The normalized spacial score (nSPS) is 24.5. The van der Waals surface area contributed by atoms with Gasteiger partial charge in [0, 0.05) is 38.4 Å². The Morgan fingerprint density at radius 1 is 1.60 bits per heavy atom. The van der Waals surface area contributed by atoms with Gasteiger partial charge in [-0.2, -0.15) is 0 Å². The number of rotatable bonds is 4. The van der Waals surface area contributed by atoms with E-state index < -0.39 is 0 Å². The van der Waals surface area contributed by atoms with E-state index in [9.17, 15) is 4.79 Å². The molecule has 3 nitrogen and oxygen atoms in total. The highest BCUT2D eigenvalue weighted by atomic mass is 35.5. The molecule has 1 atom stereocenters. The largest absolute Gasteiger partial charge is 0.384 e. The molecule has 0 bridgehead atoms. The number of likely N-dealkylation sites (tertiary alicyclic amines) is 1. The highest BCUT2D eigenvalue weighted by Gasteiger charge is 2.40. The number of nitrogens with zero attached hydrogens (tertiary/aromatic N) is 1. The Balaban J connectivity index is 2.57. The number of amides is 1. The van der Waals surface area contributed by atoms with Gasteiger partial charge in [-0.3, -0.25) is 4.79 Å². The molecule has 1 rings (SSSR count). The zero-order valence-corrected chi connectivity index (χ0v) is 10.5. The quantitative estimate of drug-likeness (QED) is 0.693. The summed E-state index contributed by atoms with van der Waals surface area (Å²) in [5, 5.41) is 0. The molecule has 0 aliphatic carbocycles. The predicted octanol–water partition coefficient (Wildman–Crippen LogP) is 1.75. The van der Waals surface area contributed by atoms with Crippen LogP contribution in [0.25, 0.3) is 0 Å². The fourth-order valence-electron chi connectivity index (χ4n) is 2.11. The summed E-state index contributed by atoms with van der Waals surface area (Å²) >= 11 is 5.57. The molecule has 88 valence electrons. The predicted molar refractivity (Wildman–Crippen MR) is 61.1 cm³/mol. The number of ether oxygens (including phenoxy) is 1. The number of hydrogen-bond acceptors (Lipinski definition) is 2. The van der Waals surface area contributed by atoms with E-state index in [0.717, 1.165) is 19.7 Å². The number of hydrogen-bond donors (Lipinski definition) is 0. The van der Waals surface area contributed by atoms with E-state index in [0.29, 0.717) is 18.2 Å². The van der Waals surface area contributed by atoms with Gasteiger partial charge in [0.2, 0.25) is 5.91 Å². The topological polar surface area (TPSA) is 29.5 Å². The summed E-state index contributed by atoms with van der Waals surface area (Å²) < 4.78 is 5.19. The maximum absolute atomic E-state index is 11.7. The lowest BCUT2D eigenvalue weighted by Crippen LogP contribution is -2.30. The van der Waals surface area contributed by atoms with E-state index in [1.54, 1.807) is 7.11 Å². The molecule has 0 aromatic carbocycles. The molecule has 0 spiro atoms. The number of alkyl halides is 1. The zero-order chi connectivity index (χ0) is 11.5. The molecular formula is C11H20ClNO2. The molecule has 0 aromatic heterocycles. The third-order valence-electron chi connectivity index (χ3n) is 3.17. The lowest BCUT2D eigenvalue weighted by atomic mass is 9.83. The van der Waals surface area contributed by atoms with Gasteiger partial charge < -0.3 is 9.64 Å². The van der Waals surface area contributed by atoms with Crippen molar-refractivity contribution < 1.29 is 9.53 Å². The fourth-order valence-corrected chi connectivity index (χ4v) is 2.27. The zero-order valence-electron chi connectivity index (χ0n) is 9.75. The number of methoxy groups -OCH3 is 1. The average Bonchev–Trinajstić information content (AvgIpc) is 2.44. The Morgan fingerprint density at radius 2 is 2.27 bits per heavy atom. The third-order valence-corrected chi connectivity index (χ3v) is 3.36. The maximum atomic E-state index is 11.7. The van der Waals surface area contributed by atoms with Gasteiger partial charge in [0.25, 0.3) is 0 Å². The van der Waals surface area contributed by atoms with Crippen LogP contribution in [0.15, 0.2) is 0 Å². The van der Waals surface area contributed by atoms with Crippen LogP contribution in [0.2, 0.25) is 0 Å². The third kappa shape index (κ3) is 3.08. The number of carbonyl (C=O) groups is 1. The van der Waals surface area contributed by atoms with Crippen LogP contribution in [0, 0.1) is 11.3 Å². The monoisotopic (exact) mass is 233 g/mol. The van der Waals surface area contributed by atoms with Crippen molar-refractivity contribution in [3.8, 4) is 0 Å². The minimum Gasteiger partial charge on any atom is -0.384 e. The van der Waals surface area contributed by atoms with Gasteiger partial charge in [-0.25, -0.2) is 0 Å². The molecule has 15 heavy (non-hydrogen) atoms. The van der Waals surface area contributed by atoms with Crippen LogP contribution < -0.4 is 0 Å². The van der Waals surface area contributed by atoms with E-state index in [4.69, 9.17) is 16.3 Å². The molecule has 1 amide bonds. The molecule has 0 saturated carbocycles. The molecule has 1 aliphatic rings. The average molecular weight is 234 g/mol. The molecule has 1 saturated heterocycles. The van der Waals surface area contributed by atoms with Crippen molar-refractivity contribution >= 4 is 17.5 Å². The maximum Gasteiger partial charge on any atom is 0.223 e. The minimum absolute atomic E-state index is 0.151. The summed E-state index contributed by atoms with van der Waals surface area (Å²) in [4.78, 5) is 13.6. The van der Waals surface area contributed by atoms with Crippen LogP contribution in [0.5, 0.6) is 0 Å². The Labute approximate surface area is 96.7 Å². The van der Waals surface area contributed by atoms with Gasteiger partial charge in [-0.1, -0.05) is 13.8 Å². The van der Waals surface area contributed by atoms with Gasteiger partial charge in [-0.05, 0) is 5.41 Å². The van der Waals surface area contributed by atoms with Gasteiger partial charge in [-0.15, -0.1) is 11.6 Å². The second-order valence-corrected chi connectivity index (χ2v) is 5.23. The summed E-state index contributed by atoms with van der Waals surface area (Å²) in [5.74, 6) is 1.00. The van der Waals surface area contributed by atoms with Gasteiger partial charge >= 0.3 is 0 Å². The summed E-state index contributed by atoms with van der Waals surface area (Å²) in [6.45, 7) is 6.71. The summed E-state index contributed by atoms with van der Waals surface area (Å²) in [6.07, 6.45) is 0.442. The standard InChI is InChI=1S/C11H20ClNO2/c1-11(2)8-13(10(14)4-5-12)6-9(11)7-15-3/h9H,4-8H2,1-3H3/t9-/m1/s1. The van der Waals surface area contributed by atoms with Gasteiger partial charge in [0.15, 0.2) is 0 Å². The van der Waals surface area contributed by atoms with Crippen molar-refractivity contribution in [2.24, 2.45) is 11.3 Å². The molecule has 0 aromatic rings. The second-order valence-electron chi connectivity index (χ2n) is 4.85. The van der Waals surface area contributed by atoms with Crippen LogP contribution in [-0.2, 0) is 9.53 Å². The Kier molecular flexibility index (Phi) is 4.41. The van der Waals surface area contributed by atoms with Gasteiger partial charge in [0.1, 0.15) is 0 Å². The first-order chi connectivity index (χ1) is 7.01.